The minimum Gasteiger partial charge on any atom is -0.368 e. The maximum atomic E-state index is 14.0. The highest BCUT2D eigenvalue weighted by molar-refractivity contribution is 5.97. The fourth-order valence-electron chi connectivity index (χ4n) is 6.67. The summed E-state index contributed by atoms with van der Waals surface area (Å²) in [6.07, 6.45) is 4.26. The number of imidazole rings is 1. The van der Waals surface area contributed by atoms with Crippen LogP contribution < -0.4 is 48.7 Å². The van der Waals surface area contributed by atoms with Crippen molar-refractivity contribution in [3.63, 3.8) is 0 Å². The van der Waals surface area contributed by atoms with E-state index in [4.69, 9.17) is 11.5 Å². The van der Waals surface area contributed by atoms with E-state index >= 15 is 0 Å². The molecule has 2 aromatic heterocycles. The quantitative estimate of drug-likeness (QED) is 0.0850. The smallest absolute Gasteiger partial charge is 0.243 e. The molecule has 60 heavy (non-hydrogen) atoms. The number of primary amides is 1. The SMILES string of the molecule is NCC(=O)NC1CCCNC(=O)CCC(C(N)=O)NC(=O)[C@H](Cc2c[nH]c3ccccc23)NC(=O)CNC(=O)C(Cc2ccccc2)NC(=O)[C@H](Cc2cnc[nH]2)NC1=O. The number of carbonyl (C=O) groups excluding carboxylic acids is 8. The van der Waals surface area contributed by atoms with Crippen LogP contribution >= 0.6 is 0 Å². The molecule has 3 unspecified atom stereocenters. The molecule has 0 saturated carbocycles. The molecule has 2 aromatic carbocycles. The molecule has 0 aliphatic carbocycles. The van der Waals surface area contributed by atoms with Crippen LogP contribution in [-0.2, 0) is 57.6 Å². The molecule has 1 saturated heterocycles. The van der Waals surface area contributed by atoms with Crippen LogP contribution in [0.15, 0.2) is 73.3 Å². The molecule has 8 amide bonds. The second-order valence-electron chi connectivity index (χ2n) is 14.3. The summed E-state index contributed by atoms with van der Waals surface area (Å²) in [5.41, 5.74) is 13.8. The normalized spacial score (nSPS) is 22.0. The van der Waals surface area contributed by atoms with E-state index in [0.717, 1.165) is 10.9 Å². The average molecular weight is 827 g/mol. The highest BCUT2D eigenvalue weighted by atomic mass is 16.2. The summed E-state index contributed by atoms with van der Waals surface area (Å²) in [6, 6.07) is 9.86. The Morgan fingerprint density at radius 1 is 0.733 bits per heavy atom. The third-order valence-electron chi connectivity index (χ3n) is 9.85. The lowest BCUT2D eigenvalue weighted by molar-refractivity contribution is -0.134. The molecular formula is C40H50N12O8. The first-order valence-corrected chi connectivity index (χ1v) is 19.5. The number of rotatable bonds is 9. The Morgan fingerprint density at radius 3 is 2.17 bits per heavy atom. The highest BCUT2D eigenvalue weighted by Gasteiger charge is 2.32. The Hall–Kier alpha value is -7.09. The summed E-state index contributed by atoms with van der Waals surface area (Å²) in [5.74, 6) is -5.80. The van der Waals surface area contributed by atoms with Gasteiger partial charge in [0, 0.05) is 61.2 Å². The molecule has 0 radical (unpaired) electrons. The summed E-state index contributed by atoms with van der Waals surface area (Å²) < 4.78 is 0. The average Bonchev–Trinajstić information content (AvgIpc) is 3.91. The molecule has 1 aliphatic rings. The number of nitrogens with one attached hydrogen (secondary N) is 9. The lowest BCUT2D eigenvalue weighted by atomic mass is 10.0. The summed E-state index contributed by atoms with van der Waals surface area (Å²) >= 11 is 0. The standard InChI is InChI=1S/C40H50N12O8/c41-18-34(54)48-29-11-6-14-44-33(53)13-12-28(36(42)56)50-39(59)31(16-24-19-45-27-10-5-4-9-26(24)27)49-35(55)21-46-37(57)30(15-23-7-2-1-3-8-23)51-40(60)32(52-38(29)58)17-25-20-43-22-47-25/h1-5,7-10,19-20,22,28-32,45H,6,11-18,21,41H2,(H2,42,56)(H,43,47)(H,44,53)(H,46,57)(H,48,54)(H,49,55)(H,50,59)(H,51,60)(H,52,58)/t28?,29?,30?,31-,32-/m0/s1. The molecule has 1 aliphatic heterocycles. The zero-order chi connectivity index (χ0) is 43.0. The van der Waals surface area contributed by atoms with Gasteiger partial charge in [-0.3, -0.25) is 38.4 Å². The van der Waals surface area contributed by atoms with Gasteiger partial charge < -0.3 is 58.7 Å². The van der Waals surface area contributed by atoms with E-state index in [1.54, 1.807) is 36.5 Å². The van der Waals surface area contributed by atoms with Crippen molar-refractivity contribution >= 4 is 58.2 Å². The van der Waals surface area contributed by atoms with E-state index in [2.05, 4.69) is 52.2 Å². The number of nitrogens with zero attached hydrogens (tertiary/aromatic N) is 1. The van der Waals surface area contributed by atoms with E-state index in [0.29, 0.717) is 16.8 Å². The number of carbonyl (C=O) groups is 8. The van der Waals surface area contributed by atoms with Gasteiger partial charge in [-0.25, -0.2) is 4.98 Å². The topological polar surface area (TPSA) is 317 Å². The number of hydrogen-bond acceptors (Lipinski definition) is 10. The number of H-pyrrole nitrogens is 2. The van der Waals surface area contributed by atoms with Crippen LogP contribution in [-0.4, -0.2) is 112 Å². The van der Waals surface area contributed by atoms with Gasteiger partial charge in [-0.05, 0) is 36.5 Å². The second-order valence-corrected chi connectivity index (χ2v) is 14.3. The first-order valence-electron chi connectivity index (χ1n) is 19.5. The van der Waals surface area contributed by atoms with E-state index in [1.165, 1.54) is 12.5 Å². The van der Waals surface area contributed by atoms with Crippen molar-refractivity contribution in [2.45, 2.75) is 75.2 Å². The summed E-state index contributed by atoms with van der Waals surface area (Å²) in [4.78, 5) is 117. The third-order valence-corrected chi connectivity index (χ3v) is 9.85. The van der Waals surface area contributed by atoms with E-state index < -0.39 is 90.6 Å². The summed E-state index contributed by atoms with van der Waals surface area (Å²) in [6.45, 7) is -0.982. The molecule has 0 spiro atoms. The molecule has 20 nitrogen and oxygen atoms in total. The maximum absolute atomic E-state index is 14.0. The van der Waals surface area contributed by atoms with Gasteiger partial charge >= 0.3 is 0 Å². The molecule has 13 N–H and O–H groups in total. The fraction of sp³-hybridized carbons (Fsp3) is 0.375. The fourth-order valence-corrected chi connectivity index (χ4v) is 6.67. The predicted molar refractivity (Wildman–Crippen MR) is 217 cm³/mol. The number of hydrogen-bond donors (Lipinski definition) is 11. The molecule has 1 fully saturated rings. The van der Waals surface area contributed by atoms with Crippen LogP contribution in [0.2, 0.25) is 0 Å². The van der Waals surface area contributed by atoms with Crippen molar-refractivity contribution in [1.29, 1.82) is 0 Å². The minimum absolute atomic E-state index is 0.00818. The van der Waals surface area contributed by atoms with Gasteiger partial charge in [-0.1, -0.05) is 48.5 Å². The van der Waals surface area contributed by atoms with Crippen LogP contribution in [0.25, 0.3) is 10.9 Å². The van der Waals surface area contributed by atoms with Gasteiger partial charge in [-0.15, -0.1) is 0 Å². The van der Waals surface area contributed by atoms with Crippen LogP contribution in [0.5, 0.6) is 0 Å². The minimum atomic E-state index is -1.29. The number of amides is 8. The first kappa shape index (κ1) is 44.0. The summed E-state index contributed by atoms with van der Waals surface area (Å²) in [7, 11) is 0. The lowest BCUT2D eigenvalue weighted by Gasteiger charge is -2.25. The van der Waals surface area contributed by atoms with Crippen molar-refractivity contribution in [1.82, 2.24) is 52.2 Å². The number of nitrogens with two attached hydrogens (primary N) is 2. The second kappa shape index (κ2) is 21.6. The predicted octanol–water partition coefficient (Wildman–Crippen LogP) is -2.41. The molecule has 0 bridgehead atoms. The molecule has 4 aromatic rings. The number of aromatic amines is 2. The van der Waals surface area contributed by atoms with E-state index in [-0.39, 0.29) is 51.5 Å². The Morgan fingerprint density at radius 2 is 1.43 bits per heavy atom. The third kappa shape index (κ3) is 13.0. The van der Waals surface area contributed by atoms with Crippen LogP contribution in [0.1, 0.15) is 42.5 Å². The number of aromatic nitrogens is 3. The Bertz CT molecular complexity index is 2140. The number of para-hydroxylation sites is 1. The van der Waals surface area contributed by atoms with Gasteiger partial charge in [0.05, 0.1) is 19.4 Å². The Kier molecular flexibility index (Phi) is 15.9. The van der Waals surface area contributed by atoms with Gasteiger partial charge in [-0.2, -0.15) is 0 Å². The molecular weight excluding hydrogens is 777 g/mol. The monoisotopic (exact) mass is 826 g/mol. The molecule has 3 heterocycles. The molecule has 5 rings (SSSR count). The first-order chi connectivity index (χ1) is 28.9. The maximum Gasteiger partial charge on any atom is 0.243 e. The Labute approximate surface area is 344 Å². The van der Waals surface area contributed by atoms with Crippen molar-refractivity contribution in [2.75, 3.05) is 19.6 Å². The zero-order valence-corrected chi connectivity index (χ0v) is 32.8. The number of fused-ring (bicyclic) bond motifs is 1. The zero-order valence-electron chi connectivity index (χ0n) is 32.8. The van der Waals surface area contributed by atoms with Gasteiger partial charge in [0.1, 0.15) is 30.2 Å². The largest absolute Gasteiger partial charge is 0.368 e. The molecule has 20 heteroatoms. The highest BCUT2D eigenvalue weighted by Crippen LogP contribution is 2.19. The van der Waals surface area contributed by atoms with Crippen LogP contribution in [0, 0.1) is 0 Å². The molecule has 318 valence electrons. The molecule has 5 atom stereocenters. The van der Waals surface area contributed by atoms with Gasteiger partial charge in [0.2, 0.25) is 47.3 Å². The van der Waals surface area contributed by atoms with E-state index in [9.17, 15) is 38.4 Å². The van der Waals surface area contributed by atoms with Crippen LogP contribution in [0.3, 0.4) is 0 Å². The number of benzene rings is 2. The van der Waals surface area contributed by atoms with E-state index in [1.807, 2.05) is 24.3 Å². The lowest BCUT2D eigenvalue weighted by Crippen LogP contribution is -2.58. The van der Waals surface area contributed by atoms with Crippen molar-refractivity contribution in [3.8, 4) is 0 Å². The summed E-state index contributed by atoms with van der Waals surface area (Å²) in [5, 5.41) is 19.2. The van der Waals surface area contributed by atoms with Gasteiger partial charge in [0.15, 0.2) is 0 Å². The van der Waals surface area contributed by atoms with Crippen molar-refractivity contribution in [2.24, 2.45) is 11.5 Å². The van der Waals surface area contributed by atoms with Gasteiger partial charge in [0.25, 0.3) is 0 Å². The van der Waals surface area contributed by atoms with Crippen LogP contribution in [0.4, 0.5) is 0 Å². The Balaban J connectivity index is 1.44. The van der Waals surface area contributed by atoms with Crippen molar-refractivity contribution < 1.29 is 38.4 Å². The van der Waals surface area contributed by atoms with Crippen molar-refractivity contribution in [3.05, 3.63) is 90.1 Å².